The topological polar surface area (TPSA) is 139 Å². The molecule has 0 radical (unpaired) electrons. The predicted molar refractivity (Wildman–Crippen MR) is 135 cm³/mol. The number of aromatic nitrogens is 4. The lowest BCUT2D eigenvalue weighted by atomic mass is 10.1. The smallest absolute Gasteiger partial charge is 0.411 e. The van der Waals surface area contributed by atoms with E-state index in [9.17, 15) is 9.59 Å². The van der Waals surface area contributed by atoms with E-state index in [1.807, 2.05) is 36.5 Å². The molecule has 11 nitrogen and oxygen atoms in total. The number of nitrogens with zero attached hydrogens (tertiary/aromatic N) is 5. The highest BCUT2D eigenvalue weighted by Crippen LogP contribution is 2.33. The molecule has 5 rings (SSSR count). The first-order chi connectivity index (χ1) is 17.6. The lowest BCUT2D eigenvalue weighted by Gasteiger charge is -2.27. The van der Waals surface area contributed by atoms with E-state index in [-0.39, 0.29) is 12.6 Å². The number of hydrogen-bond donors (Lipinski definition) is 1. The maximum absolute atomic E-state index is 12.8. The van der Waals surface area contributed by atoms with Crippen molar-refractivity contribution in [1.82, 2.24) is 24.6 Å². The molecule has 1 fully saturated rings. The van der Waals surface area contributed by atoms with Gasteiger partial charge in [-0.2, -0.15) is 5.10 Å². The molecule has 0 saturated carbocycles. The van der Waals surface area contributed by atoms with Crippen LogP contribution in [0.3, 0.4) is 0 Å². The van der Waals surface area contributed by atoms with Crippen molar-refractivity contribution in [1.29, 1.82) is 0 Å². The summed E-state index contributed by atoms with van der Waals surface area (Å²) in [7, 11) is 1.30. The lowest BCUT2D eigenvalue weighted by Crippen LogP contribution is -2.43. The van der Waals surface area contributed by atoms with Gasteiger partial charge in [-0.1, -0.05) is 12.1 Å². The van der Waals surface area contributed by atoms with Gasteiger partial charge in [-0.3, -0.25) is 9.58 Å². The number of carbonyl (C=O) groups excluding carboxylic acids is 2. The number of ether oxygens (including phenoxy) is 2. The number of pyridine rings is 1. The Balaban J connectivity index is 1.41. The second-order valence-corrected chi connectivity index (χ2v) is 9.91. The number of benzene rings is 1. The minimum absolute atomic E-state index is 0.247. The van der Waals surface area contributed by atoms with E-state index in [2.05, 4.69) is 15.1 Å². The Bertz CT molecular complexity index is 1440. The van der Waals surface area contributed by atoms with E-state index in [0.29, 0.717) is 29.3 Å². The van der Waals surface area contributed by atoms with Gasteiger partial charge in [-0.15, -0.1) is 0 Å². The zero-order chi connectivity index (χ0) is 26.3. The zero-order valence-electron chi connectivity index (χ0n) is 21.0. The summed E-state index contributed by atoms with van der Waals surface area (Å²) >= 11 is 0. The Morgan fingerprint density at radius 1 is 1.16 bits per heavy atom. The molecule has 4 heterocycles. The molecule has 2 N–H and O–H groups in total. The highest BCUT2D eigenvalue weighted by atomic mass is 16.6. The molecule has 0 aliphatic carbocycles. The van der Waals surface area contributed by atoms with Crippen LogP contribution in [0.15, 0.2) is 53.3 Å². The minimum Gasteiger partial charge on any atom is -0.467 e. The zero-order valence-corrected chi connectivity index (χ0v) is 21.0. The fourth-order valence-corrected chi connectivity index (χ4v) is 4.37. The number of esters is 1. The van der Waals surface area contributed by atoms with Gasteiger partial charge in [-0.25, -0.2) is 19.6 Å². The van der Waals surface area contributed by atoms with Crippen LogP contribution < -0.4 is 5.73 Å². The highest BCUT2D eigenvalue weighted by molar-refractivity contribution is 5.83. The standard InChI is InChI=1S/C26H28N6O5/c1-26(2,3)37-25(34)31-14-17(10-20(31)24(33)35-4)32-13-16(12-29-32)15-9-18(22(27)28-11-15)23-30-19-7-5-6-8-21(19)36-23/h5-9,11-13,17,20H,10,14H2,1-4H3,(H2,27,28)/t17-,20+/m1/s1. The van der Waals surface area contributed by atoms with Gasteiger partial charge in [0, 0.05) is 36.5 Å². The molecule has 4 aromatic rings. The Labute approximate surface area is 213 Å². The maximum atomic E-state index is 12.8. The van der Waals surface area contributed by atoms with Gasteiger partial charge < -0.3 is 19.6 Å². The molecule has 0 bridgehead atoms. The normalized spacial score (nSPS) is 17.8. The first-order valence-corrected chi connectivity index (χ1v) is 11.9. The minimum atomic E-state index is -0.763. The van der Waals surface area contributed by atoms with Crippen molar-refractivity contribution < 1.29 is 23.5 Å². The molecule has 0 spiro atoms. The number of amides is 1. The molecule has 1 aromatic carbocycles. The molecule has 1 amide bonds. The van der Waals surface area contributed by atoms with Gasteiger partial charge in [0.25, 0.3) is 0 Å². The van der Waals surface area contributed by atoms with Gasteiger partial charge in [0.05, 0.1) is 24.9 Å². The second kappa shape index (κ2) is 9.23. The van der Waals surface area contributed by atoms with Crippen LogP contribution in [0.4, 0.5) is 10.6 Å². The van der Waals surface area contributed by atoms with Crippen molar-refractivity contribution in [3.63, 3.8) is 0 Å². The van der Waals surface area contributed by atoms with Crippen molar-refractivity contribution in [2.75, 3.05) is 19.4 Å². The third-order valence-corrected chi connectivity index (χ3v) is 6.13. The Hall–Kier alpha value is -4.41. The molecular weight excluding hydrogens is 476 g/mol. The number of anilines is 1. The summed E-state index contributed by atoms with van der Waals surface area (Å²) in [4.78, 5) is 35.5. The van der Waals surface area contributed by atoms with E-state index in [0.717, 1.165) is 16.6 Å². The number of para-hydroxylation sites is 2. The number of nitrogens with two attached hydrogens (primary N) is 1. The monoisotopic (exact) mass is 504 g/mol. The summed E-state index contributed by atoms with van der Waals surface area (Å²) in [6.07, 6.45) is 4.99. The molecule has 1 aliphatic heterocycles. The first-order valence-electron chi connectivity index (χ1n) is 11.9. The van der Waals surface area contributed by atoms with Crippen LogP contribution >= 0.6 is 0 Å². The Morgan fingerprint density at radius 3 is 2.68 bits per heavy atom. The maximum Gasteiger partial charge on any atom is 0.411 e. The highest BCUT2D eigenvalue weighted by Gasteiger charge is 2.43. The molecule has 1 aliphatic rings. The van der Waals surface area contributed by atoms with Crippen LogP contribution in [0.1, 0.15) is 33.2 Å². The summed E-state index contributed by atoms with van der Waals surface area (Å²) in [5.74, 6) is 0.184. The molecule has 1 saturated heterocycles. The van der Waals surface area contributed by atoms with E-state index < -0.39 is 23.7 Å². The number of nitrogen functional groups attached to an aromatic ring is 1. The Kier molecular flexibility index (Phi) is 6.06. The fraction of sp³-hybridized carbons (Fsp3) is 0.346. The van der Waals surface area contributed by atoms with Crippen LogP contribution in [0, 0.1) is 0 Å². The van der Waals surface area contributed by atoms with Crippen LogP contribution in [-0.2, 0) is 14.3 Å². The molecule has 37 heavy (non-hydrogen) atoms. The van der Waals surface area contributed by atoms with Crippen molar-refractivity contribution in [2.45, 2.75) is 44.9 Å². The third-order valence-electron chi connectivity index (χ3n) is 6.13. The summed E-state index contributed by atoms with van der Waals surface area (Å²) < 4.78 is 18.1. The largest absolute Gasteiger partial charge is 0.467 e. The number of methoxy groups -OCH3 is 1. The number of carbonyl (C=O) groups is 2. The van der Waals surface area contributed by atoms with Crippen molar-refractivity contribution >= 4 is 29.0 Å². The van der Waals surface area contributed by atoms with Gasteiger partial charge in [0.2, 0.25) is 5.89 Å². The van der Waals surface area contributed by atoms with Crippen molar-refractivity contribution in [3.8, 4) is 22.6 Å². The summed E-state index contributed by atoms with van der Waals surface area (Å²) in [6.45, 7) is 5.59. The number of rotatable bonds is 4. The number of hydrogen-bond acceptors (Lipinski definition) is 9. The molecule has 3 aromatic heterocycles. The van der Waals surface area contributed by atoms with Crippen LogP contribution in [0.2, 0.25) is 0 Å². The van der Waals surface area contributed by atoms with E-state index in [1.165, 1.54) is 12.0 Å². The quantitative estimate of drug-likeness (QED) is 0.408. The molecule has 0 unspecified atom stereocenters. The molecular formula is C26H28N6O5. The van der Waals surface area contributed by atoms with Gasteiger partial charge in [-0.05, 0) is 39.0 Å². The average molecular weight is 505 g/mol. The van der Waals surface area contributed by atoms with Crippen LogP contribution in [0.5, 0.6) is 0 Å². The number of oxazole rings is 1. The average Bonchev–Trinajstić information content (AvgIpc) is 3.60. The summed E-state index contributed by atoms with van der Waals surface area (Å²) in [5.41, 5.74) is 8.97. The SMILES string of the molecule is COC(=O)[C@@H]1C[C@@H](n2cc(-c3cnc(N)c(-c4nc5ccccc5o4)c3)cn2)CN1C(=O)OC(C)(C)C. The van der Waals surface area contributed by atoms with Gasteiger partial charge in [0.15, 0.2) is 5.58 Å². The molecule has 11 heteroatoms. The fourth-order valence-electron chi connectivity index (χ4n) is 4.37. The number of likely N-dealkylation sites (tertiary alicyclic amines) is 1. The predicted octanol–water partition coefficient (Wildman–Crippen LogP) is 4.06. The van der Waals surface area contributed by atoms with E-state index >= 15 is 0 Å². The second-order valence-electron chi connectivity index (χ2n) is 9.91. The molecule has 192 valence electrons. The van der Waals surface area contributed by atoms with Gasteiger partial charge in [0.1, 0.15) is 23.0 Å². The number of fused-ring (bicyclic) bond motifs is 1. The summed E-state index contributed by atoms with van der Waals surface area (Å²) in [5, 5.41) is 4.51. The lowest BCUT2D eigenvalue weighted by molar-refractivity contribution is -0.145. The first kappa shape index (κ1) is 24.3. The van der Waals surface area contributed by atoms with E-state index in [1.54, 1.807) is 37.8 Å². The molecule has 2 atom stereocenters. The van der Waals surface area contributed by atoms with E-state index in [4.69, 9.17) is 19.6 Å². The Morgan fingerprint density at radius 2 is 1.95 bits per heavy atom. The van der Waals surface area contributed by atoms with Crippen LogP contribution in [-0.4, -0.2) is 62.0 Å². The van der Waals surface area contributed by atoms with Crippen LogP contribution in [0.25, 0.3) is 33.7 Å². The summed E-state index contributed by atoms with van der Waals surface area (Å²) in [6, 6.07) is 8.31. The van der Waals surface area contributed by atoms with Gasteiger partial charge >= 0.3 is 12.1 Å². The van der Waals surface area contributed by atoms with Crippen molar-refractivity contribution in [2.24, 2.45) is 0 Å². The van der Waals surface area contributed by atoms with Crippen molar-refractivity contribution in [3.05, 3.63) is 48.9 Å². The third kappa shape index (κ3) is 4.84.